The van der Waals surface area contributed by atoms with Crippen LogP contribution in [0.1, 0.15) is 10.4 Å². The molecule has 0 atom stereocenters. The van der Waals surface area contributed by atoms with E-state index in [2.05, 4.69) is 4.98 Å². The Morgan fingerprint density at radius 1 is 1.47 bits per heavy atom. The van der Waals surface area contributed by atoms with Crippen molar-refractivity contribution in [1.82, 2.24) is 9.55 Å². The highest BCUT2D eigenvalue weighted by atomic mass is 16.4. The fourth-order valence-corrected chi connectivity index (χ4v) is 1.30. The molecule has 5 heteroatoms. The lowest BCUT2D eigenvalue weighted by atomic mass is 10.1. The number of imidazole rings is 1. The molecular formula is C10H9N3O2. The van der Waals surface area contributed by atoms with E-state index in [1.807, 2.05) is 0 Å². The molecule has 0 fully saturated rings. The van der Waals surface area contributed by atoms with Gasteiger partial charge < -0.3 is 15.4 Å². The van der Waals surface area contributed by atoms with Crippen molar-refractivity contribution in [2.45, 2.75) is 0 Å². The first-order valence-corrected chi connectivity index (χ1v) is 4.29. The van der Waals surface area contributed by atoms with Gasteiger partial charge in [-0.3, -0.25) is 0 Å². The topological polar surface area (TPSA) is 81.1 Å². The molecule has 2 aromatic rings. The van der Waals surface area contributed by atoms with E-state index < -0.39 is 5.97 Å². The predicted molar refractivity (Wildman–Crippen MR) is 54.9 cm³/mol. The molecular weight excluding hydrogens is 194 g/mol. The summed E-state index contributed by atoms with van der Waals surface area (Å²) in [5.41, 5.74) is 7.07. The maximum Gasteiger partial charge on any atom is 0.335 e. The molecule has 1 heterocycles. The van der Waals surface area contributed by atoms with Crippen LogP contribution in [0, 0.1) is 0 Å². The monoisotopic (exact) mass is 203 g/mol. The molecule has 0 saturated heterocycles. The maximum atomic E-state index is 10.8. The zero-order valence-corrected chi connectivity index (χ0v) is 7.79. The third kappa shape index (κ3) is 1.67. The average molecular weight is 203 g/mol. The number of hydrogen-bond acceptors (Lipinski definition) is 3. The minimum atomic E-state index is -0.976. The molecule has 1 aromatic carbocycles. The van der Waals surface area contributed by atoms with E-state index >= 15 is 0 Å². The number of anilines is 1. The van der Waals surface area contributed by atoms with Crippen molar-refractivity contribution in [3.8, 4) is 5.69 Å². The Bertz CT molecular complexity index is 491. The van der Waals surface area contributed by atoms with Crippen LogP contribution in [0.5, 0.6) is 0 Å². The van der Waals surface area contributed by atoms with Gasteiger partial charge in [0.15, 0.2) is 0 Å². The van der Waals surface area contributed by atoms with Crippen LogP contribution in [0.15, 0.2) is 36.9 Å². The Labute approximate surface area is 85.8 Å². The number of carboxylic acid groups (broad SMARTS) is 1. The van der Waals surface area contributed by atoms with Gasteiger partial charge in [-0.05, 0) is 18.2 Å². The first-order chi connectivity index (χ1) is 7.18. The number of aromatic nitrogens is 2. The quantitative estimate of drug-likeness (QED) is 0.717. The maximum absolute atomic E-state index is 10.8. The number of aromatic carboxylic acids is 1. The van der Waals surface area contributed by atoms with Crippen molar-refractivity contribution in [3.63, 3.8) is 0 Å². The largest absolute Gasteiger partial charge is 0.478 e. The summed E-state index contributed by atoms with van der Waals surface area (Å²) in [5.74, 6) is -0.976. The van der Waals surface area contributed by atoms with Crippen LogP contribution in [0.4, 0.5) is 5.69 Å². The molecule has 76 valence electrons. The van der Waals surface area contributed by atoms with Crippen molar-refractivity contribution in [3.05, 3.63) is 42.5 Å². The molecule has 1 aromatic heterocycles. The minimum absolute atomic E-state index is 0.202. The molecule has 5 nitrogen and oxygen atoms in total. The van der Waals surface area contributed by atoms with E-state index in [4.69, 9.17) is 10.8 Å². The summed E-state index contributed by atoms with van der Waals surface area (Å²) in [6.07, 6.45) is 4.88. The van der Waals surface area contributed by atoms with Gasteiger partial charge in [0.2, 0.25) is 0 Å². The summed E-state index contributed by atoms with van der Waals surface area (Å²) >= 11 is 0. The molecule has 0 amide bonds. The molecule has 0 unspecified atom stereocenters. The number of hydrogen-bond donors (Lipinski definition) is 2. The number of rotatable bonds is 2. The number of nitrogens with zero attached hydrogens (tertiary/aromatic N) is 2. The summed E-state index contributed by atoms with van der Waals surface area (Å²) in [6, 6.07) is 4.55. The SMILES string of the molecule is Nc1ccc(C(=O)O)cc1-n1ccnc1. The molecule has 0 saturated carbocycles. The normalized spacial score (nSPS) is 10.1. The standard InChI is InChI=1S/C10H9N3O2/c11-8-2-1-7(10(14)15)5-9(8)13-4-3-12-6-13/h1-6H,11H2,(H,14,15). The fourth-order valence-electron chi connectivity index (χ4n) is 1.30. The third-order valence-corrected chi connectivity index (χ3v) is 2.06. The van der Waals surface area contributed by atoms with Gasteiger partial charge in [-0.15, -0.1) is 0 Å². The Morgan fingerprint density at radius 3 is 2.87 bits per heavy atom. The summed E-state index contributed by atoms with van der Waals surface area (Å²) < 4.78 is 1.67. The van der Waals surface area contributed by atoms with Gasteiger partial charge in [0.1, 0.15) is 0 Å². The first-order valence-electron chi connectivity index (χ1n) is 4.29. The Morgan fingerprint density at radius 2 is 2.27 bits per heavy atom. The van der Waals surface area contributed by atoms with Crippen LogP contribution < -0.4 is 5.73 Å². The summed E-state index contributed by atoms with van der Waals surface area (Å²) in [7, 11) is 0. The second kappa shape index (κ2) is 3.45. The average Bonchev–Trinajstić information content (AvgIpc) is 2.71. The van der Waals surface area contributed by atoms with Crippen LogP contribution >= 0.6 is 0 Å². The fraction of sp³-hybridized carbons (Fsp3) is 0. The number of benzene rings is 1. The van der Waals surface area contributed by atoms with Gasteiger partial charge in [0.25, 0.3) is 0 Å². The lowest BCUT2D eigenvalue weighted by Crippen LogP contribution is -2.02. The summed E-state index contributed by atoms with van der Waals surface area (Å²) in [4.78, 5) is 14.6. The number of carboxylic acids is 1. The Balaban J connectivity index is 2.55. The third-order valence-electron chi connectivity index (χ3n) is 2.06. The van der Waals surface area contributed by atoms with Crippen molar-refractivity contribution in [2.75, 3.05) is 5.73 Å². The van der Waals surface area contributed by atoms with Crippen molar-refractivity contribution < 1.29 is 9.90 Å². The second-order valence-corrected chi connectivity index (χ2v) is 3.05. The molecule has 0 bridgehead atoms. The number of nitrogens with two attached hydrogens (primary N) is 1. The Kier molecular flexibility index (Phi) is 2.13. The zero-order valence-electron chi connectivity index (χ0n) is 7.79. The molecule has 15 heavy (non-hydrogen) atoms. The summed E-state index contributed by atoms with van der Waals surface area (Å²) in [6.45, 7) is 0. The molecule has 3 N–H and O–H groups in total. The highest BCUT2D eigenvalue weighted by molar-refractivity contribution is 5.89. The lowest BCUT2D eigenvalue weighted by molar-refractivity contribution is 0.0697. The van der Waals surface area contributed by atoms with Gasteiger partial charge in [0.05, 0.1) is 23.3 Å². The molecule has 0 aliphatic carbocycles. The van der Waals surface area contributed by atoms with Crippen molar-refractivity contribution in [2.24, 2.45) is 0 Å². The predicted octanol–water partition coefficient (Wildman–Crippen LogP) is 1.15. The van der Waals surface area contributed by atoms with E-state index in [1.165, 1.54) is 12.1 Å². The molecule has 0 aliphatic heterocycles. The van der Waals surface area contributed by atoms with E-state index in [0.717, 1.165) is 0 Å². The van der Waals surface area contributed by atoms with Crippen LogP contribution in [-0.2, 0) is 0 Å². The first kappa shape index (κ1) is 9.26. The molecule has 0 aliphatic rings. The van der Waals surface area contributed by atoms with Gasteiger partial charge in [0, 0.05) is 12.4 Å². The molecule has 0 spiro atoms. The molecule has 2 rings (SSSR count). The number of nitrogen functional groups attached to an aromatic ring is 1. The minimum Gasteiger partial charge on any atom is -0.478 e. The molecule has 0 radical (unpaired) electrons. The van der Waals surface area contributed by atoms with Crippen molar-refractivity contribution in [1.29, 1.82) is 0 Å². The lowest BCUT2D eigenvalue weighted by Gasteiger charge is -2.06. The van der Waals surface area contributed by atoms with Crippen LogP contribution in [0.2, 0.25) is 0 Å². The van der Waals surface area contributed by atoms with Gasteiger partial charge >= 0.3 is 5.97 Å². The van der Waals surface area contributed by atoms with Crippen LogP contribution in [-0.4, -0.2) is 20.6 Å². The Hall–Kier alpha value is -2.30. The van der Waals surface area contributed by atoms with E-state index in [-0.39, 0.29) is 5.56 Å². The van der Waals surface area contributed by atoms with Gasteiger partial charge in [-0.25, -0.2) is 9.78 Å². The number of carbonyl (C=O) groups is 1. The zero-order chi connectivity index (χ0) is 10.8. The van der Waals surface area contributed by atoms with E-state index in [9.17, 15) is 4.79 Å². The van der Waals surface area contributed by atoms with E-state index in [0.29, 0.717) is 11.4 Å². The van der Waals surface area contributed by atoms with Crippen molar-refractivity contribution >= 4 is 11.7 Å². The van der Waals surface area contributed by atoms with Gasteiger partial charge in [-0.2, -0.15) is 0 Å². The van der Waals surface area contributed by atoms with Crippen LogP contribution in [0.3, 0.4) is 0 Å². The smallest absolute Gasteiger partial charge is 0.335 e. The van der Waals surface area contributed by atoms with E-state index in [1.54, 1.807) is 29.4 Å². The van der Waals surface area contributed by atoms with Gasteiger partial charge in [-0.1, -0.05) is 0 Å². The summed E-state index contributed by atoms with van der Waals surface area (Å²) in [5, 5.41) is 8.83. The highest BCUT2D eigenvalue weighted by Gasteiger charge is 2.07. The highest BCUT2D eigenvalue weighted by Crippen LogP contribution is 2.18. The second-order valence-electron chi connectivity index (χ2n) is 3.05. The van der Waals surface area contributed by atoms with Crippen LogP contribution in [0.25, 0.3) is 5.69 Å².